The highest BCUT2D eigenvalue weighted by Gasteiger charge is 2.27. The summed E-state index contributed by atoms with van der Waals surface area (Å²) in [5.74, 6) is 0.536. The van der Waals surface area contributed by atoms with E-state index >= 15 is 0 Å². The first-order valence-electron chi connectivity index (χ1n) is 11.8. The van der Waals surface area contributed by atoms with Gasteiger partial charge in [-0.2, -0.15) is 0 Å². The first-order valence-corrected chi connectivity index (χ1v) is 11.8. The molecular formula is C28H29N3O4. The van der Waals surface area contributed by atoms with Crippen LogP contribution in [0.1, 0.15) is 37.6 Å². The number of H-pyrrole nitrogens is 1. The molecule has 1 amide bonds. The lowest BCUT2D eigenvalue weighted by atomic mass is 10.0. The molecule has 0 unspecified atom stereocenters. The standard InChI is InChI=1S/C28H29N3O4/c1-28(2,3)35-27(33)30-13-12-24-23(17-30)22-10-9-20(15-25(22)29-24)31-14-11-21(16-26(31)32)34-18-19-7-5-4-6-8-19/h4-11,14-16,29H,12-13,17-18H2,1-3H3. The van der Waals surface area contributed by atoms with Crippen molar-refractivity contribution >= 4 is 17.0 Å². The van der Waals surface area contributed by atoms with E-state index in [1.807, 2.05) is 69.3 Å². The van der Waals surface area contributed by atoms with Crippen molar-refractivity contribution in [3.8, 4) is 11.4 Å². The highest BCUT2D eigenvalue weighted by atomic mass is 16.6. The van der Waals surface area contributed by atoms with Gasteiger partial charge < -0.3 is 19.4 Å². The molecular weight excluding hydrogens is 442 g/mol. The fraction of sp³-hybridized carbons (Fsp3) is 0.286. The molecule has 1 N–H and O–H groups in total. The highest BCUT2D eigenvalue weighted by Crippen LogP contribution is 2.30. The molecule has 0 fully saturated rings. The number of fused-ring (bicyclic) bond motifs is 3. The number of amides is 1. The van der Waals surface area contributed by atoms with Crippen molar-refractivity contribution in [1.29, 1.82) is 0 Å². The van der Waals surface area contributed by atoms with Gasteiger partial charge in [0.1, 0.15) is 18.0 Å². The third-order valence-corrected chi connectivity index (χ3v) is 6.03. The summed E-state index contributed by atoms with van der Waals surface area (Å²) in [7, 11) is 0. The number of rotatable bonds is 4. The zero-order chi connectivity index (χ0) is 24.6. The Kier molecular flexibility index (Phi) is 5.84. The van der Waals surface area contributed by atoms with Crippen molar-refractivity contribution < 1.29 is 14.3 Å². The van der Waals surface area contributed by atoms with Gasteiger partial charge in [-0.1, -0.05) is 36.4 Å². The van der Waals surface area contributed by atoms with E-state index in [2.05, 4.69) is 4.98 Å². The fourth-order valence-corrected chi connectivity index (χ4v) is 4.35. The molecule has 180 valence electrons. The first kappa shape index (κ1) is 22.8. The molecule has 0 bridgehead atoms. The Hall–Kier alpha value is -4.00. The van der Waals surface area contributed by atoms with Crippen molar-refractivity contribution in [2.75, 3.05) is 6.54 Å². The SMILES string of the molecule is CC(C)(C)OC(=O)N1CCc2[nH]c3cc(-n4ccc(OCc5ccccc5)cc4=O)ccc3c2C1. The quantitative estimate of drug-likeness (QED) is 0.444. The number of pyridine rings is 1. The molecule has 0 spiro atoms. The van der Waals surface area contributed by atoms with Gasteiger partial charge in [0.05, 0.1) is 12.2 Å². The van der Waals surface area contributed by atoms with Gasteiger partial charge in [-0.05, 0) is 44.5 Å². The van der Waals surface area contributed by atoms with Gasteiger partial charge in [0, 0.05) is 47.4 Å². The van der Waals surface area contributed by atoms with Crippen LogP contribution >= 0.6 is 0 Å². The number of carbonyl (C=O) groups is 1. The highest BCUT2D eigenvalue weighted by molar-refractivity contribution is 5.87. The molecule has 1 aliphatic heterocycles. The average molecular weight is 472 g/mol. The number of ether oxygens (including phenoxy) is 2. The van der Waals surface area contributed by atoms with Crippen LogP contribution in [0.15, 0.2) is 71.7 Å². The fourth-order valence-electron chi connectivity index (χ4n) is 4.35. The smallest absolute Gasteiger partial charge is 0.410 e. The van der Waals surface area contributed by atoms with Gasteiger partial charge >= 0.3 is 6.09 Å². The van der Waals surface area contributed by atoms with Crippen LogP contribution in [0.3, 0.4) is 0 Å². The molecule has 35 heavy (non-hydrogen) atoms. The number of nitrogens with one attached hydrogen (secondary N) is 1. The number of hydrogen-bond donors (Lipinski definition) is 1. The number of aromatic amines is 1. The summed E-state index contributed by atoms with van der Waals surface area (Å²) >= 11 is 0. The van der Waals surface area contributed by atoms with E-state index in [9.17, 15) is 9.59 Å². The van der Waals surface area contributed by atoms with Crippen LogP contribution in [0.4, 0.5) is 4.79 Å². The van der Waals surface area contributed by atoms with Gasteiger partial charge in [0.2, 0.25) is 0 Å². The van der Waals surface area contributed by atoms with Crippen LogP contribution in [0.5, 0.6) is 5.75 Å². The van der Waals surface area contributed by atoms with Crippen molar-refractivity contribution in [2.24, 2.45) is 0 Å². The molecule has 2 aromatic heterocycles. The zero-order valence-electron chi connectivity index (χ0n) is 20.2. The van der Waals surface area contributed by atoms with Crippen molar-refractivity contribution in [2.45, 2.75) is 45.9 Å². The number of carbonyl (C=O) groups excluding carboxylic acids is 1. The van der Waals surface area contributed by atoms with Gasteiger partial charge in [-0.25, -0.2) is 4.79 Å². The molecule has 3 heterocycles. The van der Waals surface area contributed by atoms with Crippen LogP contribution in [-0.2, 0) is 24.3 Å². The van der Waals surface area contributed by atoms with E-state index in [1.165, 1.54) is 6.07 Å². The van der Waals surface area contributed by atoms with E-state index < -0.39 is 5.60 Å². The molecule has 5 rings (SSSR count). The van der Waals surface area contributed by atoms with Crippen LogP contribution in [0, 0.1) is 0 Å². The van der Waals surface area contributed by atoms with E-state index in [0.29, 0.717) is 25.4 Å². The van der Waals surface area contributed by atoms with Crippen LogP contribution < -0.4 is 10.3 Å². The third-order valence-electron chi connectivity index (χ3n) is 6.03. The van der Waals surface area contributed by atoms with Gasteiger partial charge in [-0.15, -0.1) is 0 Å². The van der Waals surface area contributed by atoms with Crippen molar-refractivity contribution in [3.05, 3.63) is 94.0 Å². The predicted octanol–water partition coefficient (Wildman–Crippen LogP) is 5.19. The van der Waals surface area contributed by atoms with Gasteiger partial charge in [0.25, 0.3) is 5.56 Å². The second kappa shape index (κ2) is 8.98. The van der Waals surface area contributed by atoms with E-state index in [1.54, 1.807) is 21.7 Å². The molecule has 1 aliphatic rings. The maximum atomic E-state index is 12.8. The largest absolute Gasteiger partial charge is 0.489 e. The lowest BCUT2D eigenvalue weighted by Gasteiger charge is -2.30. The lowest BCUT2D eigenvalue weighted by Crippen LogP contribution is -2.39. The summed E-state index contributed by atoms with van der Waals surface area (Å²) in [6, 6.07) is 19.0. The zero-order valence-corrected chi connectivity index (χ0v) is 20.2. The second-order valence-electron chi connectivity index (χ2n) is 9.81. The second-order valence-corrected chi connectivity index (χ2v) is 9.81. The third kappa shape index (κ3) is 4.94. The molecule has 0 saturated carbocycles. The maximum Gasteiger partial charge on any atom is 0.410 e. The van der Waals surface area contributed by atoms with E-state index in [4.69, 9.17) is 9.47 Å². The molecule has 4 aromatic rings. The van der Waals surface area contributed by atoms with Crippen LogP contribution in [0.25, 0.3) is 16.6 Å². The van der Waals surface area contributed by atoms with Crippen molar-refractivity contribution in [1.82, 2.24) is 14.5 Å². The van der Waals surface area contributed by atoms with Crippen LogP contribution in [0.2, 0.25) is 0 Å². The van der Waals surface area contributed by atoms with E-state index in [0.717, 1.165) is 39.8 Å². The Morgan fingerprint density at radius 1 is 1.06 bits per heavy atom. The molecule has 7 heteroatoms. The molecule has 0 atom stereocenters. The summed E-state index contributed by atoms with van der Waals surface area (Å²) in [5.41, 5.74) is 4.27. The summed E-state index contributed by atoms with van der Waals surface area (Å²) in [5, 5.41) is 1.05. The summed E-state index contributed by atoms with van der Waals surface area (Å²) in [6.07, 6.45) is 2.17. The predicted molar refractivity (Wildman–Crippen MR) is 135 cm³/mol. The van der Waals surface area contributed by atoms with Crippen molar-refractivity contribution in [3.63, 3.8) is 0 Å². The number of nitrogens with zero attached hydrogens (tertiary/aromatic N) is 2. The molecule has 0 saturated heterocycles. The minimum Gasteiger partial charge on any atom is -0.489 e. The van der Waals surface area contributed by atoms with Gasteiger partial charge in [0.15, 0.2) is 0 Å². The van der Waals surface area contributed by atoms with Gasteiger partial charge in [-0.3, -0.25) is 9.36 Å². The Labute approximate surface area is 203 Å². The monoisotopic (exact) mass is 471 g/mol. The summed E-state index contributed by atoms with van der Waals surface area (Å²) in [4.78, 5) is 30.6. The molecule has 2 aromatic carbocycles. The maximum absolute atomic E-state index is 12.8. The Morgan fingerprint density at radius 2 is 1.86 bits per heavy atom. The normalized spacial score (nSPS) is 13.5. The molecule has 0 aliphatic carbocycles. The number of benzene rings is 2. The molecule has 7 nitrogen and oxygen atoms in total. The molecule has 0 radical (unpaired) electrons. The first-order chi connectivity index (χ1) is 16.8. The number of hydrogen-bond acceptors (Lipinski definition) is 4. The summed E-state index contributed by atoms with van der Waals surface area (Å²) in [6.45, 7) is 7.12. The Morgan fingerprint density at radius 3 is 2.60 bits per heavy atom. The minimum atomic E-state index is -0.526. The lowest BCUT2D eigenvalue weighted by molar-refractivity contribution is 0.0224. The Bertz CT molecular complexity index is 1430. The van der Waals surface area contributed by atoms with Crippen LogP contribution in [-0.4, -0.2) is 32.7 Å². The average Bonchev–Trinajstić information content (AvgIpc) is 3.19. The summed E-state index contributed by atoms with van der Waals surface area (Å²) < 4.78 is 12.9. The Balaban J connectivity index is 1.35. The van der Waals surface area contributed by atoms with E-state index in [-0.39, 0.29) is 11.7 Å². The number of aromatic nitrogens is 2. The minimum absolute atomic E-state index is 0.165. The topological polar surface area (TPSA) is 76.6 Å².